The highest BCUT2D eigenvalue weighted by molar-refractivity contribution is 7.88. The van der Waals surface area contributed by atoms with Crippen LogP contribution in [0.5, 0.6) is 0 Å². The van der Waals surface area contributed by atoms with Crippen molar-refractivity contribution in [2.75, 3.05) is 39.5 Å². The van der Waals surface area contributed by atoms with Crippen LogP contribution in [0.1, 0.15) is 18.4 Å². The number of H-pyrrole nitrogens is 1. The molecule has 1 aromatic heterocycles. The number of halogens is 1. The van der Waals surface area contributed by atoms with Crippen LogP contribution in [-0.4, -0.2) is 63.1 Å². The fraction of sp³-hybridized carbons (Fsp3) is 0.526. The number of nitrogens with zero attached hydrogens (tertiary/aromatic N) is 2. The lowest BCUT2D eigenvalue weighted by atomic mass is 9.98. The Balaban J connectivity index is 1.43. The molecular weight excluding hydrogens is 381 g/mol. The molecule has 0 unspecified atom stereocenters. The van der Waals surface area contributed by atoms with Gasteiger partial charge in [-0.2, -0.15) is 0 Å². The van der Waals surface area contributed by atoms with Crippen LogP contribution in [0.25, 0.3) is 10.9 Å². The average molecular weight is 410 g/mol. The molecule has 0 saturated carbocycles. The molecule has 3 N–H and O–H groups in total. The first-order valence-electron chi connectivity index (χ1n) is 9.52. The topological polar surface area (TPSA) is 89.6 Å². The molecule has 0 atom stereocenters. The van der Waals surface area contributed by atoms with Crippen LogP contribution in [-0.2, 0) is 16.4 Å². The normalized spacial score (nSPS) is 17.2. The smallest absolute Gasteiger partial charge is 0.211 e. The van der Waals surface area contributed by atoms with E-state index in [1.165, 1.54) is 18.4 Å². The van der Waals surface area contributed by atoms with Crippen LogP contribution < -0.4 is 10.6 Å². The summed E-state index contributed by atoms with van der Waals surface area (Å²) in [6.45, 7) is 2.64. The highest BCUT2D eigenvalue weighted by Gasteiger charge is 2.24. The van der Waals surface area contributed by atoms with Gasteiger partial charge in [0.25, 0.3) is 0 Å². The molecule has 3 rings (SSSR count). The number of benzene rings is 1. The number of aromatic nitrogens is 1. The maximum atomic E-state index is 13.3. The Hall–Kier alpha value is -2.13. The number of hydrogen-bond donors (Lipinski definition) is 3. The Morgan fingerprint density at radius 1 is 1.32 bits per heavy atom. The van der Waals surface area contributed by atoms with Crippen LogP contribution in [0, 0.1) is 11.7 Å². The van der Waals surface area contributed by atoms with Gasteiger partial charge in [0.1, 0.15) is 5.82 Å². The number of rotatable bonds is 6. The molecule has 28 heavy (non-hydrogen) atoms. The standard InChI is InChI=1S/C19H28FN5O2S/c1-21-19(24-12-14-6-9-25(10-7-14)28(2,26)27)22-8-5-15-13-23-18-11-16(20)3-4-17(15)18/h3-4,11,13-14,23H,5-10,12H2,1-2H3,(H2,21,22,24). The molecule has 154 valence electrons. The quantitative estimate of drug-likeness (QED) is 0.500. The van der Waals surface area contributed by atoms with Gasteiger partial charge < -0.3 is 15.6 Å². The molecule has 1 saturated heterocycles. The zero-order valence-electron chi connectivity index (χ0n) is 16.3. The summed E-state index contributed by atoms with van der Waals surface area (Å²) in [4.78, 5) is 7.35. The number of guanidine groups is 1. The first-order chi connectivity index (χ1) is 13.4. The third-order valence-electron chi connectivity index (χ3n) is 5.24. The molecule has 1 fully saturated rings. The zero-order valence-corrected chi connectivity index (χ0v) is 17.2. The van der Waals surface area contributed by atoms with Gasteiger partial charge in [-0.15, -0.1) is 0 Å². The largest absolute Gasteiger partial charge is 0.361 e. The number of nitrogens with one attached hydrogen (secondary N) is 3. The van der Waals surface area contributed by atoms with E-state index in [0.29, 0.717) is 25.6 Å². The van der Waals surface area contributed by atoms with Crippen molar-refractivity contribution in [3.8, 4) is 0 Å². The summed E-state index contributed by atoms with van der Waals surface area (Å²) in [5, 5.41) is 7.66. The molecule has 0 radical (unpaired) electrons. The van der Waals surface area contributed by atoms with E-state index in [0.717, 1.165) is 48.2 Å². The Bertz CT molecular complexity index is 933. The summed E-state index contributed by atoms with van der Waals surface area (Å²) in [6.07, 6.45) is 5.67. The second-order valence-corrected chi connectivity index (χ2v) is 9.22. The highest BCUT2D eigenvalue weighted by Crippen LogP contribution is 2.20. The van der Waals surface area contributed by atoms with Crippen LogP contribution in [0.3, 0.4) is 0 Å². The van der Waals surface area contributed by atoms with E-state index in [2.05, 4.69) is 20.6 Å². The Morgan fingerprint density at radius 2 is 2.07 bits per heavy atom. The SMILES string of the molecule is CN=C(NCCc1c[nH]c2cc(F)ccc12)NCC1CCN(S(C)(=O)=O)CC1. The van der Waals surface area contributed by atoms with Crippen molar-refractivity contribution in [1.82, 2.24) is 19.9 Å². The predicted octanol–water partition coefficient (Wildman–Crippen LogP) is 1.69. The third kappa shape index (κ3) is 5.23. The summed E-state index contributed by atoms with van der Waals surface area (Å²) in [7, 11) is -1.35. The fourth-order valence-electron chi connectivity index (χ4n) is 3.59. The van der Waals surface area contributed by atoms with Crippen molar-refractivity contribution in [3.63, 3.8) is 0 Å². The lowest BCUT2D eigenvalue weighted by Gasteiger charge is -2.30. The number of aliphatic imine (C=N–C) groups is 1. The van der Waals surface area contributed by atoms with Crippen LogP contribution >= 0.6 is 0 Å². The summed E-state index contributed by atoms with van der Waals surface area (Å²) in [6, 6.07) is 4.77. The molecule has 1 aromatic carbocycles. The second-order valence-electron chi connectivity index (χ2n) is 7.24. The minimum absolute atomic E-state index is 0.244. The van der Waals surface area contributed by atoms with Crippen molar-refractivity contribution in [1.29, 1.82) is 0 Å². The number of fused-ring (bicyclic) bond motifs is 1. The minimum Gasteiger partial charge on any atom is -0.361 e. The highest BCUT2D eigenvalue weighted by atomic mass is 32.2. The van der Waals surface area contributed by atoms with E-state index in [1.807, 2.05) is 6.20 Å². The number of hydrogen-bond acceptors (Lipinski definition) is 3. The van der Waals surface area contributed by atoms with E-state index in [9.17, 15) is 12.8 Å². The molecule has 0 spiro atoms. The Kier molecular flexibility index (Phi) is 6.56. The summed E-state index contributed by atoms with van der Waals surface area (Å²) in [5.41, 5.74) is 1.93. The average Bonchev–Trinajstić information content (AvgIpc) is 3.06. The van der Waals surface area contributed by atoms with Crippen LogP contribution in [0.2, 0.25) is 0 Å². The predicted molar refractivity (Wildman–Crippen MR) is 110 cm³/mol. The van der Waals surface area contributed by atoms with Gasteiger partial charge in [0.05, 0.1) is 6.26 Å². The van der Waals surface area contributed by atoms with E-state index < -0.39 is 10.0 Å². The first-order valence-corrected chi connectivity index (χ1v) is 11.4. The zero-order chi connectivity index (χ0) is 20.1. The van der Waals surface area contributed by atoms with Gasteiger partial charge in [-0.25, -0.2) is 17.1 Å². The lowest BCUT2D eigenvalue weighted by Crippen LogP contribution is -2.44. The number of piperidine rings is 1. The molecule has 1 aliphatic rings. The van der Waals surface area contributed by atoms with Gasteiger partial charge in [0.15, 0.2) is 5.96 Å². The van der Waals surface area contributed by atoms with Crippen molar-refractivity contribution >= 4 is 26.9 Å². The first kappa shape index (κ1) is 20.6. The van der Waals surface area contributed by atoms with Crippen LogP contribution in [0.4, 0.5) is 4.39 Å². The maximum Gasteiger partial charge on any atom is 0.211 e. The molecule has 0 amide bonds. The van der Waals surface area contributed by atoms with Crippen molar-refractivity contribution in [3.05, 3.63) is 35.8 Å². The molecule has 1 aliphatic heterocycles. The molecule has 0 aliphatic carbocycles. The lowest BCUT2D eigenvalue weighted by molar-refractivity contribution is 0.275. The summed E-state index contributed by atoms with van der Waals surface area (Å²) in [5.74, 6) is 0.919. The van der Waals surface area contributed by atoms with E-state index in [4.69, 9.17) is 0 Å². The van der Waals surface area contributed by atoms with Crippen molar-refractivity contribution < 1.29 is 12.8 Å². The van der Waals surface area contributed by atoms with Crippen molar-refractivity contribution in [2.45, 2.75) is 19.3 Å². The molecular formula is C19H28FN5O2S. The molecule has 2 aromatic rings. The maximum absolute atomic E-state index is 13.3. The van der Waals surface area contributed by atoms with Gasteiger partial charge in [-0.3, -0.25) is 4.99 Å². The fourth-order valence-corrected chi connectivity index (χ4v) is 4.46. The van der Waals surface area contributed by atoms with Gasteiger partial charge >= 0.3 is 0 Å². The van der Waals surface area contributed by atoms with E-state index in [1.54, 1.807) is 17.4 Å². The Morgan fingerprint density at radius 3 is 2.75 bits per heavy atom. The monoisotopic (exact) mass is 409 g/mol. The molecule has 7 nitrogen and oxygen atoms in total. The minimum atomic E-state index is -3.08. The van der Waals surface area contributed by atoms with Gasteiger partial charge in [0, 0.05) is 50.3 Å². The molecule has 9 heteroatoms. The summed E-state index contributed by atoms with van der Waals surface area (Å²) < 4.78 is 38.0. The van der Waals surface area contributed by atoms with E-state index >= 15 is 0 Å². The molecule has 0 bridgehead atoms. The van der Waals surface area contributed by atoms with Gasteiger partial charge in [-0.05, 0) is 48.9 Å². The number of sulfonamides is 1. The third-order valence-corrected chi connectivity index (χ3v) is 6.54. The van der Waals surface area contributed by atoms with Crippen LogP contribution in [0.15, 0.2) is 29.4 Å². The van der Waals surface area contributed by atoms with Gasteiger partial charge in [-0.1, -0.05) is 0 Å². The Labute approximate surface area is 165 Å². The van der Waals surface area contributed by atoms with Gasteiger partial charge in [0.2, 0.25) is 10.0 Å². The van der Waals surface area contributed by atoms with Crippen molar-refractivity contribution in [2.24, 2.45) is 10.9 Å². The van der Waals surface area contributed by atoms with E-state index in [-0.39, 0.29) is 5.82 Å². The molecule has 2 heterocycles. The number of aromatic amines is 1. The second kappa shape index (κ2) is 8.91. The summed E-state index contributed by atoms with van der Waals surface area (Å²) >= 11 is 0.